The zero-order valence-electron chi connectivity index (χ0n) is 14.3. The van der Waals surface area contributed by atoms with E-state index in [0.717, 1.165) is 36.3 Å². The molecular formula is C19H19N5OS. The van der Waals surface area contributed by atoms with E-state index in [0.29, 0.717) is 12.4 Å². The Morgan fingerprint density at radius 2 is 2.12 bits per heavy atom. The van der Waals surface area contributed by atoms with Crippen molar-refractivity contribution in [2.75, 3.05) is 13.1 Å². The largest absolute Gasteiger partial charge is 0.337 e. The highest BCUT2D eigenvalue weighted by Crippen LogP contribution is 2.55. The Kier molecular flexibility index (Phi) is 3.63. The van der Waals surface area contributed by atoms with Crippen LogP contribution >= 0.6 is 11.3 Å². The third kappa shape index (κ3) is 2.46. The number of nitrogens with zero attached hydrogens (tertiary/aromatic N) is 4. The third-order valence-electron chi connectivity index (χ3n) is 5.82. The molecule has 1 amide bonds. The first-order chi connectivity index (χ1) is 12.8. The van der Waals surface area contributed by atoms with Gasteiger partial charge in [-0.1, -0.05) is 6.42 Å². The van der Waals surface area contributed by atoms with Crippen LogP contribution in [0.2, 0.25) is 0 Å². The molecule has 132 valence electrons. The number of amides is 1. The van der Waals surface area contributed by atoms with Gasteiger partial charge in [0.2, 0.25) is 0 Å². The number of aromatic nitrogens is 4. The molecule has 2 fully saturated rings. The number of thiophene rings is 1. The average Bonchev–Trinajstić information content (AvgIpc) is 3.39. The number of hydrogen-bond donors (Lipinski definition) is 1. The summed E-state index contributed by atoms with van der Waals surface area (Å²) in [5.74, 6) is 1.95. The molecule has 6 nitrogen and oxygen atoms in total. The molecule has 1 saturated carbocycles. The van der Waals surface area contributed by atoms with Gasteiger partial charge in [0, 0.05) is 42.3 Å². The van der Waals surface area contributed by atoms with E-state index in [4.69, 9.17) is 4.98 Å². The summed E-state index contributed by atoms with van der Waals surface area (Å²) in [5, 5.41) is 11.4. The van der Waals surface area contributed by atoms with Gasteiger partial charge < -0.3 is 4.90 Å². The van der Waals surface area contributed by atoms with Crippen molar-refractivity contribution < 1.29 is 4.79 Å². The van der Waals surface area contributed by atoms with Crippen LogP contribution in [0.1, 0.15) is 41.4 Å². The van der Waals surface area contributed by atoms with Crippen molar-refractivity contribution in [3.8, 4) is 11.4 Å². The van der Waals surface area contributed by atoms with Crippen molar-refractivity contribution >= 4 is 17.2 Å². The first kappa shape index (κ1) is 15.7. The van der Waals surface area contributed by atoms with E-state index >= 15 is 0 Å². The summed E-state index contributed by atoms with van der Waals surface area (Å²) in [6.07, 6.45) is 7.01. The zero-order chi connectivity index (χ0) is 17.6. The SMILES string of the molecule is O=C(c1ccsc1)N1CC(c2nc(-c3ccncc3)n[nH]2)C2(CCC2)C1. The Labute approximate surface area is 155 Å². The number of aromatic amines is 1. The second-order valence-corrected chi connectivity index (χ2v) is 8.03. The van der Waals surface area contributed by atoms with Gasteiger partial charge in [-0.25, -0.2) is 4.98 Å². The molecule has 3 aromatic heterocycles. The number of hydrogen-bond acceptors (Lipinski definition) is 5. The summed E-state index contributed by atoms with van der Waals surface area (Å²) in [7, 11) is 0. The van der Waals surface area contributed by atoms with Gasteiger partial charge in [0.15, 0.2) is 5.82 Å². The van der Waals surface area contributed by atoms with Crippen LogP contribution in [0.5, 0.6) is 0 Å². The van der Waals surface area contributed by atoms with E-state index in [1.165, 1.54) is 6.42 Å². The molecule has 0 radical (unpaired) electrons. The molecule has 0 aromatic carbocycles. The van der Waals surface area contributed by atoms with Gasteiger partial charge in [0.1, 0.15) is 5.82 Å². The lowest BCUT2D eigenvalue weighted by Gasteiger charge is -2.41. The molecule has 2 aliphatic rings. The normalized spacial score (nSPS) is 21.1. The molecule has 3 aromatic rings. The van der Waals surface area contributed by atoms with Crippen LogP contribution in [0.15, 0.2) is 41.4 Å². The monoisotopic (exact) mass is 365 g/mol. The summed E-state index contributed by atoms with van der Waals surface area (Å²) < 4.78 is 0. The number of rotatable bonds is 3. The minimum Gasteiger partial charge on any atom is -0.337 e. The Bertz CT molecular complexity index is 917. The van der Waals surface area contributed by atoms with Gasteiger partial charge >= 0.3 is 0 Å². The molecule has 1 aliphatic carbocycles. The van der Waals surface area contributed by atoms with Gasteiger partial charge in [0.25, 0.3) is 5.91 Å². The highest BCUT2D eigenvalue weighted by Gasteiger charge is 2.53. The van der Waals surface area contributed by atoms with Crippen molar-refractivity contribution in [3.63, 3.8) is 0 Å². The molecular weight excluding hydrogens is 346 g/mol. The van der Waals surface area contributed by atoms with E-state index in [-0.39, 0.29) is 17.2 Å². The van der Waals surface area contributed by atoms with Crippen LogP contribution < -0.4 is 0 Å². The van der Waals surface area contributed by atoms with Crippen molar-refractivity contribution in [1.29, 1.82) is 0 Å². The first-order valence-corrected chi connectivity index (χ1v) is 9.84. The van der Waals surface area contributed by atoms with Crippen LogP contribution in [0.3, 0.4) is 0 Å². The first-order valence-electron chi connectivity index (χ1n) is 8.89. The average molecular weight is 365 g/mol. The van der Waals surface area contributed by atoms with Gasteiger partial charge in [-0.2, -0.15) is 16.4 Å². The summed E-state index contributed by atoms with van der Waals surface area (Å²) in [5.41, 5.74) is 1.90. The number of carbonyl (C=O) groups is 1. The smallest absolute Gasteiger partial charge is 0.254 e. The lowest BCUT2D eigenvalue weighted by Crippen LogP contribution is -2.38. The van der Waals surface area contributed by atoms with E-state index < -0.39 is 0 Å². The zero-order valence-corrected chi connectivity index (χ0v) is 15.1. The fourth-order valence-electron chi connectivity index (χ4n) is 4.27. The number of nitrogens with one attached hydrogen (secondary N) is 1. The standard InChI is InChI=1S/C19H19N5OS/c25-18(14-4-9-26-11-14)24-10-15(19(12-24)5-1-6-19)17-21-16(22-23-17)13-2-7-20-8-3-13/h2-4,7-9,11,15H,1,5-6,10,12H2,(H,21,22,23). The summed E-state index contributed by atoms with van der Waals surface area (Å²) in [4.78, 5) is 23.6. The maximum atomic E-state index is 12.8. The lowest BCUT2D eigenvalue weighted by atomic mass is 9.62. The number of likely N-dealkylation sites (tertiary alicyclic amines) is 1. The molecule has 26 heavy (non-hydrogen) atoms. The molecule has 0 bridgehead atoms. The molecule has 1 atom stereocenters. The predicted molar refractivity (Wildman–Crippen MR) is 98.9 cm³/mol. The molecule has 1 unspecified atom stereocenters. The molecule has 1 aliphatic heterocycles. The van der Waals surface area contributed by atoms with Crippen molar-refractivity contribution in [2.45, 2.75) is 25.2 Å². The van der Waals surface area contributed by atoms with E-state index in [1.54, 1.807) is 23.7 Å². The third-order valence-corrected chi connectivity index (χ3v) is 6.51. The molecule has 4 heterocycles. The minimum absolute atomic E-state index is 0.133. The molecule has 7 heteroatoms. The molecule has 1 N–H and O–H groups in total. The van der Waals surface area contributed by atoms with Crippen LogP contribution in [0.25, 0.3) is 11.4 Å². The maximum absolute atomic E-state index is 12.8. The topological polar surface area (TPSA) is 74.8 Å². The Hall–Kier alpha value is -2.54. The summed E-state index contributed by atoms with van der Waals surface area (Å²) in [6, 6.07) is 5.73. The Balaban J connectivity index is 1.43. The van der Waals surface area contributed by atoms with Crippen LogP contribution in [-0.2, 0) is 0 Å². The molecule has 5 rings (SSSR count). The molecule has 1 saturated heterocycles. The van der Waals surface area contributed by atoms with Crippen LogP contribution in [-0.4, -0.2) is 44.1 Å². The summed E-state index contributed by atoms with van der Waals surface area (Å²) in [6.45, 7) is 1.53. The van der Waals surface area contributed by atoms with Crippen molar-refractivity contribution in [2.24, 2.45) is 5.41 Å². The fraction of sp³-hybridized carbons (Fsp3) is 0.368. The van der Waals surface area contributed by atoms with Gasteiger partial charge in [-0.05, 0) is 41.8 Å². The molecule has 1 spiro atoms. The highest BCUT2D eigenvalue weighted by atomic mass is 32.1. The number of H-pyrrole nitrogens is 1. The van der Waals surface area contributed by atoms with Crippen molar-refractivity contribution in [1.82, 2.24) is 25.1 Å². The highest BCUT2D eigenvalue weighted by molar-refractivity contribution is 7.08. The summed E-state index contributed by atoms with van der Waals surface area (Å²) >= 11 is 1.56. The Morgan fingerprint density at radius 3 is 2.81 bits per heavy atom. The second kappa shape index (κ2) is 6.02. The van der Waals surface area contributed by atoms with E-state index in [1.807, 2.05) is 33.9 Å². The quantitative estimate of drug-likeness (QED) is 0.772. The Morgan fingerprint density at radius 1 is 1.27 bits per heavy atom. The number of pyridine rings is 1. The number of carbonyl (C=O) groups excluding carboxylic acids is 1. The van der Waals surface area contributed by atoms with E-state index in [2.05, 4.69) is 15.2 Å². The van der Waals surface area contributed by atoms with Gasteiger partial charge in [0.05, 0.1) is 5.56 Å². The minimum atomic E-state index is 0.133. The van der Waals surface area contributed by atoms with Gasteiger partial charge in [-0.3, -0.25) is 14.9 Å². The van der Waals surface area contributed by atoms with Crippen molar-refractivity contribution in [3.05, 3.63) is 52.7 Å². The van der Waals surface area contributed by atoms with Crippen LogP contribution in [0.4, 0.5) is 0 Å². The predicted octanol–water partition coefficient (Wildman–Crippen LogP) is 3.34. The lowest BCUT2D eigenvalue weighted by molar-refractivity contribution is 0.0724. The van der Waals surface area contributed by atoms with E-state index in [9.17, 15) is 4.79 Å². The maximum Gasteiger partial charge on any atom is 0.254 e. The fourth-order valence-corrected chi connectivity index (χ4v) is 4.90. The van der Waals surface area contributed by atoms with Crippen LogP contribution in [0, 0.1) is 5.41 Å². The second-order valence-electron chi connectivity index (χ2n) is 7.25. The van der Waals surface area contributed by atoms with Gasteiger partial charge in [-0.15, -0.1) is 0 Å².